The zero-order chi connectivity index (χ0) is 15.4. The van der Waals surface area contributed by atoms with E-state index in [1.165, 1.54) is 11.1 Å². The van der Waals surface area contributed by atoms with Crippen LogP contribution >= 0.6 is 27.5 Å². The third-order valence-corrected chi connectivity index (χ3v) is 4.44. The van der Waals surface area contributed by atoms with Gasteiger partial charge in [0.2, 0.25) is 0 Å². The zero-order valence-corrected chi connectivity index (χ0v) is 14.7. The van der Waals surface area contributed by atoms with Crippen molar-refractivity contribution >= 4 is 33.2 Å². The first-order valence-electron chi connectivity index (χ1n) is 6.96. The first-order chi connectivity index (χ1) is 9.99. The van der Waals surface area contributed by atoms with Crippen LogP contribution in [0.2, 0.25) is 5.02 Å². The Labute approximate surface area is 140 Å². The van der Waals surface area contributed by atoms with Crippen LogP contribution in [0.15, 0.2) is 46.9 Å². The summed E-state index contributed by atoms with van der Waals surface area (Å²) in [5.74, 6) is 0. The van der Waals surface area contributed by atoms with Crippen molar-refractivity contribution < 1.29 is 0 Å². The number of nitrogens with two attached hydrogens (primary N) is 1. The molecule has 0 fully saturated rings. The van der Waals surface area contributed by atoms with E-state index in [1.807, 2.05) is 31.2 Å². The van der Waals surface area contributed by atoms with Crippen LogP contribution in [0.1, 0.15) is 18.1 Å². The topological polar surface area (TPSA) is 29.3 Å². The SMILES string of the molecule is CC(N)Cc1cccc(Cl)c1N(C)Cc1ccccc1Br. The van der Waals surface area contributed by atoms with Crippen LogP contribution in [0.5, 0.6) is 0 Å². The van der Waals surface area contributed by atoms with Gasteiger partial charge in [0, 0.05) is 24.1 Å². The van der Waals surface area contributed by atoms with Gasteiger partial charge in [0.15, 0.2) is 0 Å². The van der Waals surface area contributed by atoms with Gasteiger partial charge in [-0.2, -0.15) is 0 Å². The lowest BCUT2D eigenvalue weighted by Crippen LogP contribution is -2.23. The molecule has 2 aromatic carbocycles. The van der Waals surface area contributed by atoms with E-state index in [1.54, 1.807) is 0 Å². The van der Waals surface area contributed by atoms with E-state index in [2.05, 4.69) is 46.1 Å². The smallest absolute Gasteiger partial charge is 0.0642 e. The fourth-order valence-corrected chi connectivity index (χ4v) is 3.21. The van der Waals surface area contributed by atoms with E-state index in [0.717, 1.165) is 28.1 Å². The Hall–Kier alpha value is -1.03. The molecule has 0 aliphatic heterocycles. The Kier molecular flexibility index (Phi) is 5.68. The molecular formula is C17H20BrClN2. The monoisotopic (exact) mass is 366 g/mol. The minimum Gasteiger partial charge on any atom is -0.369 e. The molecule has 2 N–H and O–H groups in total. The number of hydrogen-bond donors (Lipinski definition) is 1. The molecule has 0 spiro atoms. The summed E-state index contributed by atoms with van der Waals surface area (Å²) in [6, 6.07) is 14.4. The number of rotatable bonds is 5. The molecule has 0 saturated carbocycles. The number of anilines is 1. The Balaban J connectivity index is 2.30. The van der Waals surface area contributed by atoms with Crippen LogP contribution in [0.3, 0.4) is 0 Å². The summed E-state index contributed by atoms with van der Waals surface area (Å²) in [6.45, 7) is 2.80. The molecule has 0 aliphatic rings. The molecule has 4 heteroatoms. The number of nitrogens with zero attached hydrogens (tertiary/aromatic N) is 1. The van der Waals surface area contributed by atoms with Crippen LogP contribution in [-0.2, 0) is 13.0 Å². The van der Waals surface area contributed by atoms with Crippen LogP contribution in [0.4, 0.5) is 5.69 Å². The molecule has 0 aromatic heterocycles. The number of para-hydroxylation sites is 1. The molecule has 0 radical (unpaired) electrons. The molecule has 112 valence electrons. The van der Waals surface area contributed by atoms with E-state index in [-0.39, 0.29) is 6.04 Å². The van der Waals surface area contributed by atoms with Crippen molar-refractivity contribution in [1.29, 1.82) is 0 Å². The highest BCUT2D eigenvalue weighted by Crippen LogP contribution is 2.31. The van der Waals surface area contributed by atoms with Crippen LogP contribution in [0.25, 0.3) is 0 Å². The van der Waals surface area contributed by atoms with E-state index in [4.69, 9.17) is 17.3 Å². The first kappa shape index (κ1) is 16.3. The molecule has 0 bridgehead atoms. The van der Waals surface area contributed by atoms with Gasteiger partial charge in [-0.05, 0) is 36.6 Å². The van der Waals surface area contributed by atoms with Gasteiger partial charge < -0.3 is 10.6 Å². The summed E-state index contributed by atoms with van der Waals surface area (Å²) < 4.78 is 1.11. The molecule has 0 heterocycles. The average molecular weight is 368 g/mol. The fourth-order valence-electron chi connectivity index (χ4n) is 2.46. The average Bonchev–Trinajstić information content (AvgIpc) is 2.40. The molecule has 0 saturated heterocycles. The number of benzene rings is 2. The maximum atomic E-state index is 6.42. The highest BCUT2D eigenvalue weighted by molar-refractivity contribution is 9.10. The highest BCUT2D eigenvalue weighted by atomic mass is 79.9. The molecule has 2 rings (SSSR count). The lowest BCUT2D eigenvalue weighted by atomic mass is 10.0. The quantitative estimate of drug-likeness (QED) is 0.835. The second-order valence-corrected chi connectivity index (χ2v) is 6.64. The third-order valence-electron chi connectivity index (χ3n) is 3.36. The van der Waals surface area contributed by atoms with Gasteiger partial charge in [0.05, 0.1) is 10.7 Å². The summed E-state index contributed by atoms with van der Waals surface area (Å²) in [4.78, 5) is 2.18. The number of hydrogen-bond acceptors (Lipinski definition) is 2. The van der Waals surface area contributed by atoms with Crippen molar-refractivity contribution in [3.8, 4) is 0 Å². The molecular weight excluding hydrogens is 348 g/mol. The van der Waals surface area contributed by atoms with Gasteiger partial charge >= 0.3 is 0 Å². The molecule has 0 amide bonds. The second kappa shape index (κ2) is 7.30. The minimum absolute atomic E-state index is 0.110. The Morgan fingerprint density at radius 3 is 2.48 bits per heavy atom. The maximum Gasteiger partial charge on any atom is 0.0642 e. The molecule has 1 unspecified atom stereocenters. The van der Waals surface area contributed by atoms with Crippen molar-refractivity contribution in [3.63, 3.8) is 0 Å². The molecule has 21 heavy (non-hydrogen) atoms. The van der Waals surface area contributed by atoms with E-state index in [9.17, 15) is 0 Å². The van der Waals surface area contributed by atoms with Gasteiger partial charge in [-0.25, -0.2) is 0 Å². The van der Waals surface area contributed by atoms with Crippen molar-refractivity contribution in [2.24, 2.45) is 5.73 Å². The molecule has 2 aromatic rings. The standard InChI is InChI=1S/C17H20BrClN2/c1-12(20)10-13-7-5-9-16(19)17(13)21(2)11-14-6-3-4-8-15(14)18/h3-9,12H,10-11,20H2,1-2H3. The van der Waals surface area contributed by atoms with Gasteiger partial charge in [-0.1, -0.05) is 57.9 Å². The van der Waals surface area contributed by atoms with Crippen molar-refractivity contribution in [1.82, 2.24) is 0 Å². The van der Waals surface area contributed by atoms with E-state index in [0.29, 0.717) is 0 Å². The van der Waals surface area contributed by atoms with Crippen LogP contribution in [0, 0.1) is 0 Å². The predicted octanol–water partition coefficient (Wildman–Crippen LogP) is 4.63. The zero-order valence-electron chi connectivity index (χ0n) is 12.3. The van der Waals surface area contributed by atoms with Crippen molar-refractivity contribution in [2.45, 2.75) is 25.9 Å². The largest absolute Gasteiger partial charge is 0.369 e. The van der Waals surface area contributed by atoms with Gasteiger partial charge in [-0.3, -0.25) is 0 Å². The van der Waals surface area contributed by atoms with Crippen molar-refractivity contribution in [3.05, 3.63) is 63.1 Å². The summed E-state index contributed by atoms with van der Waals surface area (Å²) in [6.07, 6.45) is 0.816. The van der Waals surface area contributed by atoms with Crippen LogP contribution < -0.4 is 10.6 Å². The number of halogens is 2. The van der Waals surface area contributed by atoms with Crippen LogP contribution in [-0.4, -0.2) is 13.1 Å². The summed E-state index contributed by atoms with van der Waals surface area (Å²) in [5.41, 5.74) is 9.43. The molecule has 0 aliphatic carbocycles. The lowest BCUT2D eigenvalue weighted by molar-refractivity contribution is 0.734. The normalized spacial score (nSPS) is 12.2. The summed E-state index contributed by atoms with van der Waals surface area (Å²) in [7, 11) is 2.06. The van der Waals surface area contributed by atoms with Gasteiger partial charge in [0.25, 0.3) is 0 Å². The lowest BCUT2D eigenvalue weighted by Gasteiger charge is -2.25. The Morgan fingerprint density at radius 2 is 1.81 bits per heavy atom. The minimum atomic E-state index is 0.110. The van der Waals surface area contributed by atoms with E-state index >= 15 is 0 Å². The summed E-state index contributed by atoms with van der Waals surface area (Å²) >= 11 is 10.0. The van der Waals surface area contributed by atoms with E-state index < -0.39 is 0 Å². The third kappa shape index (κ3) is 4.22. The maximum absolute atomic E-state index is 6.42. The molecule has 1 atom stereocenters. The highest BCUT2D eigenvalue weighted by Gasteiger charge is 2.14. The fraction of sp³-hybridized carbons (Fsp3) is 0.294. The van der Waals surface area contributed by atoms with Crippen molar-refractivity contribution in [2.75, 3.05) is 11.9 Å². The second-order valence-electron chi connectivity index (χ2n) is 5.38. The van der Waals surface area contributed by atoms with Gasteiger partial charge in [0.1, 0.15) is 0 Å². The predicted molar refractivity (Wildman–Crippen MR) is 95.1 cm³/mol. The van der Waals surface area contributed by atoms with Gasteiger partial charge in [-0.15, -0.1) is 0 Å². The first-order valence-corrected chi connectivity index (χ1v) is 8.13. The Bertz CT molecular complexity index is 613. The Morgan fingerprint density at radius 1 is 1.14 bits per heavy atom. The molecule has 2 nitrogen and oxygen atoms in total. The summed E-state index contributed by atoms with van der Waals surface area (Å²) in [5, 5.41) is 0.766.